The maximum absolute atomic E-state index is 13.3. The molecule has 0 atom stereocenters. The zero-order chi connectivity index (χ0) is 14.7. The SMILES string of the molecule is CC(=O)c1cc(N)ccc1OCc1ccc(Cl)c(F)c1. The third-order valence-corrected chi connectivity index (χ3v) is 3.07. The molecule has 0 fully saturated rings. The molecule has 0 saturated heterocycles. The third kappa shape index (κ3) is 3.27. The first kappa shape index (κ1) is 14.3. The quantitative estimate of drug-likeness (QED) is 0.688. The van der Waals surface area contributed by atoms with Crippen LogP contribution in [-0.4, -0.2) is 5.78 Å². The van der Waals surface area contributed by atoms with Crippen molar-refractivity contribution >= 4 is 23.1 Å². The Labute approximate surface area is 121 Å². The molecule has 5 heteroatoms. The van der Waals surface area contributed by atoms with Gasteiger partial charge in [0.1, 0.15) is 18.2 Å². The van der Waals surface area contributed by atoms with Crippen molar-refractivity contribution in [2.75, 3.05) is 5.73 Å². The highest BCUT2D eigenvalue weighted by molar-refractivity contribution is 6.30. The number of carbonyl (C=O) groups excluding carboxylic acids is 1. The van der Waals surface area contributed by atoms with Crippen LogP contribution in [-0.2, 0) is 6.61 Å². The van der Waals surface area contributed by atoms with E-state index in [-0.39, 0.29) is 17.4 Å². The van der Waals surface area contributed by atoms with Gasteiger partial charge >= 0.3 is 0 Å². The van der Waals surface area contributed by atoms with Gasteiger partial charge in [-0.25, -0.2) is 4.39 Å². The molecule has 0 radical (unpaired) electrons. The summed E-state index contributed by atoms with van der Waals surface area (Å²) in [6.07, 6.45) is 0. The second-order valence-electron chi connectivity index (χ2n) is 4.35. The molecule has 2 aromatic carbocycles. The maximum atomic E-state index is 13.3. The lowest BCUT2D eigenvalue weighted by atomic mass is 10.1. The average Bonchev–Trinajstić information content (AvgIpc) is 2.41. The number of hydrogen-bond acceptors (Lipinski definition) is 3. The molecule has 0 heterocycles. The van der Waals surface area contributed by atoms with E-state index in [0.717, 1.165) is 0 Å². The Morgan fingerprint density at radius 3 is 2.70 bits per heavy atom. The van der Waals surface area contributed by atoms with Crippen LogP contribution in [0.2, 0.25) is 5.02 Å². The van der Waals surface area contributed by atoms with Gasteiger partial charge in [-0.05, 0) is 42.8 Å². The minimum absolute atomic E-state index is 0.0608. The number of nitrogen functional groups attached to an aromatic ring is 1. The molecule has 2 N–H and O–H groups in total. The summed E-state index contributed by atoms with van der Waals surface area (Å²) in [5, 5.41) is 0.0608. The number of ether oxygens (including phenoxy) is 1. The fourth-order valence-electron chi connectivity index (χ4n) is 1.74. The molecule has 20 heavy (non-hydrogen) atoms. The third-order valence-electron chi connectivity index (χ3n) is 2.76. The van der Waals surface area contributed by atoms with E-state index in [9.17, 15) is 9.18 Å². The Kier molecular flexibility index (Phi) is 4.25. The number of hydrogen-bond donors (Lipinski definition) is 1. The van der Waals surface area contributed by atoms with Crippen LogP contribution in [0.25, 0.3) is 0 Å². The van der Waals surface area contributed by atoms with Crippen molar-refractivity contribution in [1.29, 1.82) is 0 Å². The lowest BCUT2D eigenvalue weighted by molar-refractivity contribution is 0.101. The zero-order valence-electron chi connectivity index (χ0n) is 10.8. The molecule has 0 spiro atoms. The number of Topliss-reactive ketones (excluding diaryl/α,β-unsaturated/α-hetero) is 1. The van der Waals surface area contributed by atoms with Gasteiger partial charge < -0.3 is 10.5 Å². The fourth-order valence-corrected chi connectivity index (χ4v) is 1.86. The normalized spacial score (nSPS) is 10.3. The Morgan fingerprint density at radius 1 is 1.30 bits per heavy atom. The Morgan fingerprint density at radius 2 is 2.05 bits per heavy atom. The monoisotopic (exact) mass is 293 g/mol. The standard InChI is InChI=1S/C15H13ClFNO2/c1-9(19)12-7-11(18)3-5-15(12)20-8-10-2-4-13(16)14(17)6-10/h2-7H,8,18H2,1H3. The van der Waals surface area contributed by atoms with Crippen molar-refractivity contribution < 1.29 is 13.9 Å². The number of nitrogens with two attached hydrogens (primary N) is 1. The number of rotatable bonds is 4. The van der Waals surface area contributed by atoms with Gasteiger partial charge in [-0.2, -0.15) is 0 Å². The predicted octanol–water partition coefficient (Wildman–Crippen LogP) is 3.84. The van der Waals surface area contributed by atoms with Crippen LogP contribution in [0.1, 0.15) is 22.8 Å². The fraction of sp³-hybridized carbons (Fsp3) is 0.133. The van der Waals surface area contributed by atoms with E-state index in [1.807, 2.05) is 0 Å². The van der Waals surface area contributed by atoms with Gasteiger partial charge in [0.25, 0.3) is 0 Å². The Bertz CT molecular complexity index is 658. The lowest BCUT2D eigenvalue weighted by Crippen LogP contribution is -2.03. The molecular weight excluding hydrogens is 281 g/mol. The van der Waals surface area contributed by atoms with Crippen molar-refractivity contribution in [2.45, 2.75) is 13.5 Å². The van der Waals surface area contributed by atoms with E-state index in [1.54, 1.807) is 24.3 Å². The number of benzene rings is 2. The van der Waals surface area contributed by atoms with Crippen LogP contribution in [0.5, 0.6) is 5.75 Å². The van der Waals surface area contributed by atoms with Crippen molar-refractivity contribution in [3.8, 4) is 5.75 Å². The second-order valence-corrected chi connectivity index (χ2v) is 4.76. The summed E-state index contributed by atoms with van der Waals surface area (Å²) in [5.74, 6) is -0.228. The van der Waals surface area contributed by atoms with E-state index < -0.39 is 5.82 Å². The maximum Gasteiger partial charge on any atom is 0.163 e. The zero-order valence-corrected chi connectivity index (χ0v) is 11.6. The smallest absolute Gasteiger partial charge is 0.163 e. The van der Waals surface area contributed by atoms with Gasteiger partial charge in [0.05, 0.1) is 10.6 Å². The van der Waals surface area contributed by atoms with Crippen LogP contribution in [0.15, 0.2) is 36.4 Å². The van der Waals surface area contributed by atoms with E-state index >= 15 is 0 Å². The minimum atomic E-state index is -0.503. The van der Waals surface area contributed by atoms with Gasteiger partial charge in [0.15, 0.2) is 5.78 Å². The van der Waals surface area contributed by atoms with Crippen LogP contribution in [0.3, 0.4) is 0 Å². The first-order valence-electron chi connectivity index (χ1n) is 5.94. The molecule has 0 unspecified atom stereocenters. The predicted molar refractivity (Wildman–Crippen MR) is 76.6 cm³/mol. The van der Waals surface area contributed by atoms with Crippen molar-refractivity contribution in [2.24, 2.45) is 0 Å². The minimum Gasteiger partial charge on any atom is -0.488 e. The molecule has 0 bridgehead atoms. The number of halogens is 2. The van der Waals surface area contributed by atoms with E-state index in [0.29, 0.717) is 22.6 Å². The van der Waals surface area contributed by atoms with Crippen LogP contribution in [0.4, 0.5) is 10.1 Å². The van der Waals surface area contributed by atoms with Crippen LogP contribution < -0.4 is 10.5 Å². The summed E-state index contributed by atoms with van der Waals surface area (Å²) in [4.78, 5) is 11.5. The van der Waals surface area contributed by atoms with Gasteiger partial charge in [0.2, 0.25) is 0 Å². The van der Waals surface area contributed by atoms with Gasteiger partial charge in [-0.1, -0.05) is 17.7 Å². The molecule has 0 aliphatic heterocycles. The van der Waals surface area contributed by atoms with Gasteiger partial charge in [-0.3, -0.25) is 4.79 Å². The van der Waals surface area contributed by atoms with E-state index in [1.165, 1.54) is 19.1 Å². The Balaban J connectivity index is 2.18. The highest BCUT2D eigenvalue weighted by atomic mass is 35.5. The topological polar surface area (TPSA) is 52.3 Å². The van der Waals surface area contributed by atoms with Crippen LogP contribution in [0, 0.1) is 5.82 Å². The summed E-state index contributed by atoms with van der Waals surface area (Å²) in [6, 6.07) is 9.25. The van der Waals surface area contributed by atoms with Gasteiger partial charge in [0, 0.05) is 5.69 Å². The van der Waals surface area contributed by atoms with E-state index in [2.05, 4.69) is 0 Å². The molecule has 2 rings (SSSR count). The average molecular weight is 294 g/mol. The number of ketones is 1. The molecule has 3 nitrogen and oxygen atoms in total. The summed E-state index contributed by atoms with van der Waals surface area (Å²) in [5.41, 5.74) is 7.15. The first-order valence-corrected chi connectivity index (χ1v) is 6.32. The molecule has 0 aliphatic rings. The Hall–Kier alpha value is -2.07. The van der Waals surface area contributed by atoms with Crippen molar-refractivity contribution in [3.63, 3.8) is 0 Å². The molecular formula is C15H13ClFNO2. The summed E-state index contributed by atoms with van der Waals surface area (Å²) < 4.78 is 18.9. The van der Waals surface area contributed by atoms with E-state index in [4.69, 9.17) is 22.1 Å². The molecule has 0 aliphatic carbocycles. The summed E-state index contributed by atoms with van der Waals surface area (Å²) >= 11 is 5.61. The van der Waals surface area contributed by atoms with Crippen molar-refractivity contribution in [1.82, 2.24) is 0 Å². The second kappa shape index (κ2) is 5.92. The molecule has 0 aromatic heterocycles. The molecule has 0 amide bonds. The highest BCUT2D eigenvalue weighted by Gasteiger charge is 2.10. The first-order chi connectivity index (χ1) is 9.47. The number of carbonyl (C=O) groups is 1. The highest BCUT2D eigenvalue weighted by Crippen LogP contribution is 2.23. The molecule has 2 aromatic rings. The van der Waals surface area contributed by atoms with Gasteiger partial charge in [-0.15, -0.1) is 0 Å². The molecule has 0 saturated carbocycles. The summed E-state index contributed by atoms with van der Waals surface area (Å²) in [6.45, 7) is 1.57. The van der Waals surface area contributed by atoms with Crippen molar-refractivity contribution in [3.05, 3.63) is 58.4 Å². The molecule has 104 valence electrons. The number of anilines is 1. The lowest BCUT2D eigenvalue weighted by Gasteiger charge is -2.11. The summed E-state index contributed by atoms with van der Waals surface area (Å²) in [7, 11) is 0. The largest absolute Gasteiger partial charge is 0.488 e. The van der Waals surface area contributed by atoms with Crippen LogP contribution >= 0.6 is 11.6 Å².